The van der Waals surface area contributed by atoms with E-state index in [2.05, 4.69) is 45.2 Å². The maximum atomic E-state index is 13.8. The molecule has 3 aromatic rings. The lowest BCUT2D eigenvalue weighted by Crippen LogP contribution is -2.40. The molecule has 1 aliphatic heterocycles. The molecule has 0 spiro atoms. The van der Waals surface area contributed by atoms with Crippen LogP contribution in [0.2, 0.25) is 0 Å². The van der Waals surface area contributed by atoms with Crippen molar-refractivity contribution < 1.29 is 14.3 Å². The number of carbonyl (C=O) groups excluding carboxylic acids is 1. The van der Waals surface area contributed by atoms with Gasteiger partial charge in [0.1, 0.15) is 5.75 Å². The van der Waals surface area contributed by atoms with E-state index in [0.29, 0.717) is 27.0 Å². The van der Waals surface area contributed by atoms with Crippen molar-refractivity contribution in [2.75, 3.05) is 7.11 Å². The zero-order chi connectivity index (χ0) is 25.3. The SMILES string of the molecule is CCC1=C(C(=O)OC)[C@@H](c2ccccc2)n2c(s/c(=C/c3cc(I)cc(I)c3OC(C)C)c2=O)=N1. The number of hydrogen-bond acceptors (Lipinski definition) is 6. The summed E-state index contributed by atoms with van der Waals surface area (Å²) in [7, 11) is 1.35. The van der Waals surface area contributed by atoms with Crippen molar-refractivity contribution in [1.82, 2.24) is 4.57 Å². The summed E-state index contributed by atoms with van der Waals surface area (Å²) in [6.45, 7) is 5.90. The van der Waals surface area contributed by atoms with Crippen molar-refractivity contribution in [3.8, 4) is 5.75 Å². The van der Waals surface area contributed by atoms with Gasteiger partial charge in [0.15, 0.2) is 4.80 Å². The molecule has 35 heavy (non-hydrogen) atoms. The van der Waals surface area contributed by atoms with Crippen molar-refractivity contribution in [3.05, 3.63) is 91.7 Å². The second kappa shape index (κ2) is 11.0. The molecule has 0 aliphatic carbocycles. The Morgan fingerprint density at radius 1 is 1.23 bits per heavy atom. The van der Waals surface area contributed by atoms with Gasteiger partial charge in [-0.15, -0.1) is 0 Å². The molecular formula is C26H24I2N2O4S. The number of methoxy groups -OCH3 is 1. The van der Waals surface area contributed by atoms with Crippen LogP contribution in [0, 0.1) is 7.14 Å². The Morgan fingerprint density at radius 3 is 2.57 bits per heavy atom. The Balaban J connectivity index is 2.00. The summed E-state index contributed by atoms with van der Waals surface area (Å²) in [6, 6.07) is 13.0. The molecular weight excluding hydrogens is 690 g/mol. The van der Waals surface area contributed by atoms with Crippen LogP contribution in [0.1, 0.15) is 44.4 Å². The topological polar surface area (TPSA) is 69.9 Å². The molecule has 2 aromatic carbocycles. The molecule has 2 heterocycles. The number of benzene rings is 2. The summed E-state index contributed by atoms with van der Waals surface area (Å²) < 4.78 is 15.4. The molecule has 1 aliphatic rings. The Morgan fingerprint density at radius 2 is 1.94 bits per heavy atom. The van der Waals surface area contributed by atoms with E-state index in [9.17, 15) is 9.59 Å². The number of rotatable bonds is 6. The van der Waals surface area contributed by atoms with Crippen LogP contribution in [0.5, 0.6) is 5.75 Å². The molecule has 6 nitrogen and oxygen atoms in total. The van der Waals surface area contributed by atoms with Gasteiger partial charge in [0.05, 0.1) is 38.6 Å². The van der Waals surface area contributed by atoms with E-state index in [-0.39, 0.29) is 11.7 Å². The Kier molecular flexibility index (Phi) is 8.16. The highest BCUT2D eigenvalue weighted by Gasteiger charge is 2.33. The smallest absolute Gasteiger partial charge is 0.338 e. The van der Waals surface area contributed by atoms with E-state index >= 15 is 0 Å². The maximum absolute atomic E-state index is 13.8. The summed E-state index contributed by atoms with van der Waals surface area (Å²) in [6.07, 6.45) is 2.39. The first-order chi connectivity index (χ1) is 16.7. The van der Waals surface area contributed by atoms with Gasteiger partial charge in [-0.05, 0) is 89.2 Å². The quantitative estimate of drug-likeness (QED) is 0.272. The van der Waals surface area contributed by atoms with Crippen LogP contribution in [0.25, 0.3) is 6.08 Å². The van der Waals surface area contributed by atoms with Crippen molar-refractivity contribution in [2.45, 2.75) is 39.3 Å². The summed E-state index contributed by atoms with van der Waals surface area (Å²) in [5.41, 5.74) is 2.48. The third-order valence-corrected chi connectivity index (χ3v) is 7.85. The van der Waals surface area contributed by atoms with Gasteiger partial charge in [-0.3, -0.25) is 9.36 Å². The van der Waals surface area contributed by atoms with E-state index < -0.39 is 12.0 Å². The molecule has 182 valence electrons. The summed E-state index contributed by atoms with van der Waals surface area (Å²) >= 11 is 5.84. The summed E-state index contributed by atoms with van der Waals surface area (Å²) in [4.78, 5) is 32.0. The number of thiazole rings is 1. The lowest BCUT2D eigenvalue weighted by molar-refractivity contribution is -0.136. The van der Waals surface area contributed by atoms with Gasteiger partial charge in [0, 0.05) is 9.13 Å². The fourth-order valence-electron chi connectivity index (χ4n) is 4.00. The van der Waals surface area contributed by atoms with Gasteiger partial charge in [-0.2, -0.15) is 0 Å². The largest absolute Gasteiger partial charge is 0.489 e. The van der Waals surface area contributed by atoms with Crippen LogP contribution in [-0.2, 0) is 9.53 Å². The number of esters is 1. The fourth-order valence-corrected chi connectivity index (χ4v) is 7.03. The average Bonchev–Trinajstić information content (AvgIpc) is 3.14. The van der Waals surface area contributed by atoms with E-state index in [1.165, 1.54) is 18.4 Å². The van der Waals surface area contributed by atoms with Gasteiger partial charge < -0.3 is 9.47 Å². The van der Waals surface area contributed by atoms with Crippen molar-refractivity contribution >= 4 is 68.6 Å². The van der Waals surface area contributed by atoms with Crippen LogP contribution in [0.3, 0.4) is 0 Å². The fraction of sp³-hybridized carbons (Fsp3) is 0.269. The molecule has 0 radical (unpaired) electrons. The summed E-state index contributed by atoms with van der Waals surface area (Å²) in [5.74, 6) is 0.268. The first kappa shape index (κ1) is 26.1. The molecule has 1 aromatic heterocycles. The van der Waals surface area contributed by atoms with E-state index in [4.69, 9.17) is 14.5 Å². The van der Waals surface area contributed by atoms with Crippen molar-refractivity contribution in [3.63, 3.8) is 0 Å². The highest BCUT2D eigenvalue weighted by Crippen LogP contribution is 2.32. The summed E-state index contributed by atoms with van der Waals surface area (Å²) in [5, 5.41) is 0. The molecule has 0 fully saturated rings. The minimum Gasteiger partial charge on any atom is -0.489 e. The lowest BCUT2D eigenvalue weighted by Gasteiger charge is -2.25. The Bertz CT molecular complexity index is 1490. The van der Waals surface area contributed by atoms with Crippen molar-refractivity contribution in [1.29, 1.82) is 0 Å². The standard InChI is InChI=1S/C26H24I2N2O4S/c1-5-19-21(25(32)33-4)22(15-9-7-6-8-10-15)30-24(31)20(35-26(30)29-19)12-16-11-17(27)13-18(28)23(16)34-14(2)3/h6-14,22H,5H2,1-4H3/b20-12+/t22-/m1/s1. The van der Waals surface area contributed by atoms with Crippen LogP contribution in [-0.4, -0.2) is 23.8 Å². The lowest BCUT2D eigenvalue weighted by atomic mass is 9.95. The zero-order valence-corrected chi connectivity index (χ0v) is 24.8. The number of ether oxygens (including phenoxy) is 2. The molecule has 0 unspecified atom stereocenters. The minimum absolute atomic E-state index is 0.00949. The van der Waals surface area contributed by atoms with Crippen LogP contribution in [0.4, 0.5) is 0 Å². The molecule has 0 amide bonds. The van der Waals surface area contributed by atoms with Gasteiger partial charge in [0.2, 0.25) is 0 Å². The number of nitrogens with zero attached hydrogens (tertiary/aromatic N) is 2. The molecule has 0 saturated carbocycles. The van der Waals surface area contributed by atoms with Crippen molar-refractivity contribution in [2.24, 2.45) is 4.99 Å². The average molecular weight is 714 g/mol. The van der Waals surface area contributed by atoms with Crippen LogP contribution >= 0.6 is 56.5 Å². The van der Waals surface area contributed by atoms with Gasteiger partial charge in [-0.25, -0.2) is 9.79 Å². The normalized spacial score (nSPS) is 15.7. The zero-order valence-electron chi connectivity index (χ0n) is 19.7. The number of fused-ring (bicyclic) bond motifs is 1. The van der Waals surface area contributed by atoms with E-state index in [1.54, 1.807) is 4.57 Å². The first-order valence-electron chi connectivity index (χ1n) is 11.1. The Hall–Kier alpha value is -1.99. The monoisotopic (exact) mass is 714 g/mol. The van der Waals surface area contributed by atoms with Gasteiger partial charge >= 0.3 is 5.97 Å². The predicted molar refractivity (Wildman–Crippen MR) is 154 cm³/mol. The second-order valence-corrected chi connectivity index (χ2v) is 11.6. The molecule has 0 saturated heterocycles. The van der Waals surface area contributed by atoms with E-state index in [0.717, 1.165) is 24.0 Å². The van der Waals surface area contributed by atoms with Gasteiger partial charge in [0.25, 0.3) is 5.56 Å². The third kappa shape index (κ3) is 5.26. The number of aromatic nitrogens is 1. The highest BCUT2D eigenvalue weighted by atomic mass is 127. The molecule has 1 atom stereocenters. The van der Waals surface area contributed by atoms with Crippen LogP contribution < -0.4 is 19.6 Å². The number of hydrogen-bond donors (Lipinski definition) is 0. The molecule has 4 rings (SSSR count). The molecule has 0 bridgehead atoms. The third-order valence-electron chi connectivity index (χ3n) is 5.44. The molecule has 9 heteroatoms. The minimum atomic E-state index is -0.612. The van der Waals surface area contributed by atoms with E-state index in [1.807, 2.05) is 69.3 Å². The number of halogens is 2. The number of allylic oxidation sites excluding steroid dienone is 1. The predicted octanol–water partition coefficient (Wildman–Crippen LogP) is 4.79. The number of carbonyl (C=O) groups is 1. The maximum Gasteiger partial charge on any atom is 0.338 e. The molecule has 0 N–H and O–H groups in total. The second-order valence-electron chi connectivity index (χ2n) is 8.17. The highest BCUT2D eigenvalue weighted by molar-refractivity contribution is 14.1. The first-order valence-corrected chi connectivity index (χ1v) is 14.1. The van der Waals surface area contributed by atoms with Crippen LogP contribution in [0.15, 0.2) is 63.5 Å². The Labute approximate surface area is 234 Å². The van der Waals surface area contributed by atoms with Gasteiger partial charge in [-0.1, -0.05) is 48.6 Å².